The Morgan fingerprint density at radius 3 is 2.86 bits per heavy atom. The first-order valence-corrected chi connectivity index (χ1v) is 7.72. The molecule has 1 fully saturated rings. The van der Waals surface area contributed by atoms with Crippen LogP contribution >= 0.6 is 11.3 Å². The number of nitrogens with one attached hydrogen (secondary N) is 1. The van der Waals surface area contributed by atoms with Gasteiger partial charge in [0.1, 0.15) is 5.82 Å². The lowest BCUT2D eigenvalue weighted by Crippen LogP contribution is -2.28. The van der Waals surface area contributed by atoms with Gasteiger partial charge in [0.25, 0.3) is 0 Å². The van der Waals surface area contributed by atoms with E-state index in [0.29, 0.717) is 18.2 Å². The van der Waals surface area contributed by atoms with E-state index in [-0.39, 0.29) is 30.0 Å². The Kier molecular flexibility index (Phi) is 4.15. The molecule has 22 heavy (non-hydrogen) atoms. The van der Waals surface area contributed by atoms with Gasteiger partial charge in [-0.25, -0.2) is 9.37 Å². The molecule has 1 aromatic heterocycles. The third kappa shape index (κ3) is 3.30. The molecule has 0 bridgehead atoms. The zero-order valence-corrected chi connectivity index (χ0v) is 12.5. The lowest BCUT2D eigenvalue weighted by atomic mass is 10.1. The predicted octanol–water partition coefficient (Wildman–Crippen LogP) is 2.27. The van der Waals surface area contributed by atoms with Crippen LogP contribution in [0.15, 0.2) is 35.8 Å². The van der Waals surface area contributed by atoms with Gasteiger partial charge in [0.05, 0.1) is 5.92 Å². The Balaban J connectivity index is 1.60. The van der Waals surface area contributed by atoms with Gasteiger partial charge < -0.3 is 10.2 Å². The summed E-state index contributed by atoms with van der Waals surface area (Å²) in [5.74, 6) is -0.942. The SMILES string of the molecule is O=C(Nc1nccs1)[C@H]1CC(=O)N(Cc2ccc(F)cc2)C1. The number of carbonyl (C=O) groups excluding carboxylic acids is 2. The van der Waals surface area contributed by atoms with E-state index in [9.17, 15) is 14.0 Å². The third-order valence-electron chi connectivity index (χ3n) is 3.53. The number of carbonyl (C=O) groups is 2. The van der Waals surface area contributed by atoms with Crippen LogP contribution in [0, 0.1) is 11.7 Å². The second kappa shape index (κ2) is 6.23. The largest absolute Gasteiger partial charge is 0.338 e. The fraction of sp³-hybridized carbons (Fsp3) is 0.267. The highest BCUT2D eigenvalue weighted by Gasteiger charge is 2.34. The first-order chi connectivity index (χ1) is 10.6. The summed E-state index contributed by atoms with van der Waals surface area (Å²) in [6.45, 7) is 0.758. The number of anilines is 1. The number of likely N-dealkylation sites (tertiary alicyclic amines) is 1. The van der Waals surface area contributed by atoms with E-state index >= 15 is 0 Å². The van der Waals surface area contributed by atoms with Gasteiger partial charge in [0.15, 0.2) is 5.13 Å². The zero-order valence-electron chi connectivity index (χ0n) is 11.7. The first-order valence-electron chi connectivity index (χ1n) is 6.84. The normalized spacial score (nSPS) is 17.8. The smallest absolute Gasteiger partial charge is 0.231 e. The summed E-state index contributed by atoms with van der Waals surface area (Å²) in [6, 6.07) is 6.02. The number of amides is 2. The van der Waals surface area contributed by atoms with Crippen LogP contribution in [0.2, 0.25) is 0 Å². The van der Waals surface area contributed by atoms with Crippen molar-refractivity contribution in [3.63, 3.8) is 0 Å². The Morgan fingerprint density at radius 2 is 2.18 bits per heavy atom. The highest BCUT2D eigenvalue weighted by molar-refractivity contribution is 7.13. The summed E-state index contributed by atoms with van der Waals surface area (Å²) in [4.78, 5) is 29.8. The van der Waals surface area contributed by atoms with Gasteiger partial charge >= 0.3 is 0 Å². The van der Waals surface area contributed by atoms with Crippen LogP contribution in [0.25, 0.3) is 0 Å². The summed E-state index contributed by atoms with van der Waals surface area (Å²) in [5.41, 5.74) is 0.843. The van der Waals surface area contributed by atoms with E-state index in [2.05, 4.69) is 10.3 Å². The van der Waals surface area contributed by atoms with Gasteiger partial charge in [-0.1, -0.05) is 12.1 Å². The summed E-state index contributed by atoms with van der Waals surface area (Å²) in [6.07, 6.45) is 1.80. The van der Waals surface area contributed by atoms with Crippen molar-refractivity contribution < 1.29 is 14.0 Å². The first kappa shape index (κ1) is 14.6. The molecule has 0 unspecified atom stereocenters. The van der Waals surface area contributed by atoms with E-state index in [0.717, 1.165) is 5.56 Å². The molecule has 7 heteroatoms. The average molecular weight is 319 g/mol. The Bertz CT molecular complexity index is 673. The van der Waals surface area contributed by atoms with E-state index in [4.69, 9.17) is 0 Å². The van der Waals surface area contributed by atoms with Gasteiger partial charge in [-0.15, -0.1) is 11.3 Å². The molecule has 0 aliphatic carbocycles. The molecule has 2 amide bonds. The zero-order chi connectivity index (χ0) is 15.5. The molecule has 1 atom stereocenters. The maximum absolute atomic E-state index is 12.9. The molecule has 1 saturated heterocycles. The summed E-state index contributed by atoms with van der Waals surface area (Å²) >= 11 is 1.34. The molecule has 1 aliphatic heterocycles. The van der Waals surface area contributed by atoms with Crippen LogP contribution < -0.4 is 5.32 Å². The standard InChI is InChI=1S/C15H14FN3O2S/c16-12-3-1-10(2-4-12)8-19-9-11(7-13(19)20)14(21)18-15-17-5-6-22-15/h1-6,11H,7-9H2,(H,17,18,21)/t11-/m0/s1. The summed E-state index contributed by atoms with van der Waals surface area (Å²) in [7, 11) is 0. The van der Waals surface area contributed by atoms with Crippen molar-refractivity contribution in [1.82, 2.24) is 9.88 Å². The Hall–Kier alpha value is -2.28. The molecule has 114 valence electrons. The highest BCUT2D eigenvalue weighted by Crippen LogP contribution is 2.22. The maximum Gasteiger partial charge on any atom is 0.231 e. The van der Waals surface area contributed by atoms with Crippen LogP contribution in [0.4, 0.5) is 9.52 Å². The number of aromatic nitrogens is 1. The van der Waals surface area contributed by atoms with Gasteiger partial charge in [-0.05, 0) is 17.7 Å². The minimum atomic E-state index is -0.378. The van der Waals surface area contributed by atoms with Gasteiger partial charge in [0.2, 0.25) is 11.8 Å². The number of nitrogens with zero attached hydrogens (tertiary/aromatic N) is 2. The van der Waals surface area contributed by atoms with Gasteiger partial charge in [-0.2, -0.15) is 0 Å². The van der Waals surface area contributed by atoms with Crippen molar-refractivity contribution in [3.05, 3.63) is 47.2 Å². The average Bonchev–Trinajstić information content (AvgIpc) is 3.12. The monoisotopic (exact) mass is 319 g/mol. The lowest BCUT2D eigenvalue weighted by Gasteiger charge is -2.16. The lowest BCUT2D eigenvalue weighted by molar-refractivity contribution is -0.128. The van der Waals surface area contributed by atoms with Crippen LogP contribution in [-0.2, 0) is 16.1 Å². The molecule has 2 heterocycles. The van der Waals surface area contributed by atoms with E-state index in [1.165, 1.54) is 23.5 Å². The van der Waals surface area contributed by atoms with Crippen LogP contribution in [-0.4, -0.2) is 28.2 Å². The number of benzene rings is 1. The van der Waals surface area contributed by atoms with E-state index < -0.39 is 0 Å². The second-order valence-electron chi connectivity index (χ2n) is 5.13. The van der Waals surface area contributed by atoms with Crippen molar-refractivity contribution in [3.8, 4) is 0 Å². The second-order valence-corrected chi connectivity index (χ2v) is 6.02. The van der Waals surface area contributed by atoms with Crippen LogP contribution in [0.5, 0.6) is 0 Å². The molecule has 1 aromatic carbocycles. The fourth-order valence-electron chi connectivity index (χ4n) is 2.40. The highest BCUT2D eigenvalue weighted by atomic mass is 32.1. The molecule has 0 spiro atoms. The number of hydrogen-bond acceptors (Lipinski definition) is 4. The number of rotatable bonds is 4. The third-order valence-corrected chi connectivity index (χ3v) is 4.22. The topological polar surface area (TPSA) is 62.3 Å². The summed E-state index contributed by atoms with van der Waals surface area (Å²) < 4.78 is 12.9. The summed E-state index contributed by atoms with van der Waals surface area (Å²) in [5, 5.41) is 5.03. The predicted molar refractivity (Wildman–Crippen MR) is 80.7 cm³/mol. The minimum Gasteiger partial charge on any atom is -0.338 e. The maximum atomic E-state index is 12.9. The molecule has 1 N–H and O–H groups in total. The molecule has 0 saturated carbocycles. The number of halogens is 1. The number of thiazole rings is 1. The molecule has 5 nitrogen and oxygen atoms in total. The van der Waals surface area contributed by atoms with Crippen molar-refractivity contribution >= 4 is 28.3 Å². The Morgan fingerprint density at radius 1 is 1.41 bits per heavy atom. The van der Waals surface area contributed by atoms with E-state index in [1.807, 2.05) is 0 Å². The minimum absolute atomic E-state index is 0.0661. The molecule has 3 rings (SSSR count). The van der Waals surface area contributed by atoms with Crippen molar-refractivity contribution in [2.24, 2.45) is 5.92 Å². The van der Waals surface area contributed by atoms with Gasteiger partial charge in [-0.3, -0.25) is 9.59 Å². The van der Waals surface area contributed by atoms with Gasteiger partial charge in [0, 0.05) is 31.1 Å². The fourth-order valence-corrected chi connectivity index (χ4v) is 2.94. The van der Waals surface area contributed by atoms with E-state index in [1.54, 1.807) is 28.6 Å². The molecular weight excluding hydrogens is 305 g/mol. The van der Waals surface area contributed by atoms with Crippen molar-refractivity contribution in [1.29, 1.82) is 0 Å². The molecule has 0 radical (unpaired) electrons. The molecule has 1 aliphatic rings. The molecule has 2 aromatic rings. The van der Waals surface area contributed by atoms with Crippen LogP contribution in [0.1, 0.15) is 12.0 Å². The van der Waals surface area contributed by atoms with Crippen molar-refractivity contribution in [2.45, 2.75) is 13.0 Å². The Labute approximate surface area is 130 Å². The molecular formula is C15H14FN3O2S. The number of hydrogen-bond donors (Lipinski definition) is 1. The van der Waals surface area contributed by atoms with Crippen molar-refractivity contribution in [2.75, 3.05) is 11.9 Å². The van der Waals surface area contributed by atoms with Crippen LogP contribution in [0.3, 0.4) is 0 Å². The quantitative estimate of drug-likeness (QED) is 0.940.